The molecular formula is C5H10O3S. The highest BCUT2D eigenvalue weighted by molar-refractivity contribution is 7.80. The number of carbonyl (C=O) groups is 1. The van der Waals surface area contributed by atoms with E-state index in [9.17, 15) is 4.79 Å². The number of hydrogen-bond donors (Lipinski definition) is 3. The Balaban J connectivity index is 3.50. The second-order valence-electron chi connectivity index (χ2n) is 1.96. The molecule has 9 heavy (non-hydrogen) atoms. The maximum Gasteiger partial charge on any atom is 0.306 e. The predicted octanol–water partition coefficient (Wildman–Crippen LogP) is 0.345. The van der Waals surface area contributed by atoms with Crippen LogP contribution in [-0.4, -0.2) is 21.6 Å². The SMILES string of the molecule is CC(CC(O)S)C(=O)O. The fourth-order valence-corrected chi connectivity index (χ4v) is 0.733. The van der Waals surface area contributed by atoms with Crippen molar-refractivity contribution in [3.8, 4) is 0 Å². The Morgan fingerprint density at radius 2 is 2.22 bits per heavy atom. The average Bonchev–Trinajstić information content (AvgIpc) is 1.63. The van der Waals surface area contributed by atoms with Gasteiger partial charge in [0.05, 0.1) is 11.4 Å². The van der Waals surface area contributed by atoms with Crippen LogP contribution in [0.25, 0.3) is 0 Å². The highest BCUT2D eigenvalue weighted by Crippen LogP contribution is 2.07. The third-order valence-electron chi connectivity index (χ3n) is 0.986. The van der Waals surface area contributed by atoms with Gasteiger partial charge in [-0.2, -0.15) is 0 Å². The molecule has 3 nitrogen and oxygen atoms in total. The van der Waals surface area contributed by atoms with Crippen LogP contribution in [-0.2, 0) is 4.79 Å². The number of thiol groups is 1. The van der Waals surface area contributed by atoms with Crippen LogP contribution in [0, 0.1) is 5.92 Å². The molecule has 0 radical (unpaired) electrons. The zero-order chi connectivity index (χ0) is 7.44. The summed E-state index contributed by atoms with van der Waals surface area (Å²) in [6.07, 6.45) is 0.193. The summed E-state index contributed by atoms with van der Waals surface area (Å²) in [5.41, 5.74) is -0.823. The maximum absolute atomic E-state index is 10.1. The van der Waals surface area contributed by atoms with Crippen molar-refractivity contribution in [3.63, 3.8) is 0 Å². The van der Waals surface area contributed by atoms with E-state index in [1.165, 1.54) is 6.92 Å². The number of carboxylic acids is 1. The van der Waals surface area contributed by atoms with Crippen LogP contribution in [0.4, 0.5) is 0 Å². The second kappa shape index (κ2) is 3.74. The van der Waals surface area contributed by atoms with Crippen LogP contribution in [0.1, 0.15) is 13.3 Å². The molecule has 2 N–H and O–H groups in total. The van der Waals surface area contributed by atoms with Gasteiger partial charge in [0, 0.05) is 0 Å². The summed E-state index contributed by atoms with van der Waals surface area (Å²) < 4.78 is 0. The number of rotatable bonds is 3. The van der Waals surface area contributed by atoms with E-state index >= 15 is 0 Å². The standard InChI is InChI=1S/C5H10O3S/c1-3(5(7)8)2-4(6)9/h3-4,6,9H,2H2,1H3,(H,7,8). The molecule has 2 unspecified atom stereocenters. The molecule has 0 aliphatic heterocycles. The first-order valence-corrected chi connectivity index (χ1v) is 3.14. The summed E-state index contributed by atoms with van der Waals surface area (Å²) >= 11 is 3.62. The zero-order valence-corrected chi connectivity index (χ0v) is 6.01. The molecule has 4 heteroatoms. The molecule has 54 valence electrons. The number of carboxylic acid groups (broad SMARTS) is 1. The van der Waals surface area contributed by atoms with Crippen molar-refractivity contribution in [2.45, 2.75) is 18.8 Å². The van der Waals surface area contributed by atoms with E-state index in [4.69, 9.17) is 10.2 Å². The smallest absolute Gasteiger partial charge is 0.306 e. The van der Waals surface area contributed by atoms with Gasteiger partial charge in [0.25, 0.3) is 0 Å². The lowest BCUT2D eigenvalue weighted by Crippen LogP contribution is -2.14. The van der Waals surface area contributed by atoms with E-state index in [1.807, 2.05) is 0 Å². The van der Waals surface area contributed by atoms with Crippen molar-refractivity contribution < 1.29 is 15.0 Å². The number of aliphatic hydroxyl groups excluding tert-OH is 1. The summed E-state index contributed by atoms with van der Waals surface area (Å²) in [4.78, 5) is 10.1. The fourth-order valence-electron chi connectivity index (χ4n) is 0.417. The van der Waals surface area contributed by atoms with Crippen LogP contribution in [0.15, 0.2) is 0 Å². The molecule has 0 aromatic rings. The lowest BCUT2D eigenvalue weighted by molar-refractivity contribution is -0.141. The maximum atomic E-state index is 10.1. The molecule has 0 aliphatic carbocycles. The van der Waals surface area contributed by atoms with Crippen molar-refractivity contribution in [3.05, 3.63) is 0 Å². The first kappa shape index (κ1) is 8.78. The average molecular weight is 150 g/mol. The lowest BCUT2D eigenvalue weighted by atomic mass is 10.1. The first-order valence-electron chi connectivity index (χ1n) is 2.63. The van der Waals surface area contributed by atoms with Gasteiger partial charge in [0.2, 0.25) is 0 Å². The molecule has 0 aromatic heterocycles. The highest BCUT2D eigenvalue weighted by atomic mass is 32.1. The molecule has 2 atom stereocenters. The van der Waals surface area contributed by atoms with E-state index < -0.39 is 17.3 Å². The van der Waals surface area contributed by atoms with E-state index in [0.717, 1.165) is 0 Å². The van der Waals surface area contributed by atoms with Gasteiger partial charge in [0.1, 0.15) is 0 Å². The van der Waals surface area contributed by atoms with Crippen LogP contribution >= 0.6 is 12.6 Å². The van der Waals surface area contributed by atoms with Gasteiger partial charge in [-0.1, -0.05) is 6.92 Å². The molecule has 0 bridgehead atoms. The summed E-state index contributed by atoms with van der Waals surface area (Å²) in [7, 11) is 0. The quantitative estimate of drug-likeness (QED) is 0.402. The highest BCUT2D eigenvalue weighted by Gasteiger charge is 2.12. The molecule has 0 aromatic carbocycles. The summed E-state index contributed by atoms with van der Waals surface area (Å²) in [6, 6.07) is 0. The lowest BCUT2D eigenvalue weighted by Gasteiger charge is -2.05. The van der Waals surface area contributed by atoms with Crippen LogP contribution in [0.2, 0.25) is 0 Å². The van der Waals surface area contributed by atoms with Gasteiger partial charge in [-0.05, 0) is 6.42 Å². The Morgan fingerprint density at radius 3 is 2.33 bits per heavy atom. The Bertz CT molecular complexity index is 102. The Labute approximate surface area is 59.1 Å². The number of aliphatic carboxylic acids is 1. The molecule has 0 spiro atoms. The van der Waals surface area contributed by atoms with E-state index in [1.54, 1.807) is 0 Å². The topological polar surface area (TPSA) is 57.5 Å². The summed E-state index contributed by atoms with van der Waals surface area (Å²) in [6.45, 7) is 1.53. The van der Waals surface area contributed by atoms with Gasteiger partial charge in [-0.25, -0.2) is 0 Å². The van der Waals surface area contributed by atoms with Crippen LogP contribution in [0.3, 0.4) is 0 Å². The minimum atomic E-state index is -0.900. The number of hydrogen-bond acceptors (Lipinski definition) is 3. The molecule has 0 rings (SSSR count). The van der Waals surface area contributed by atoms with E-state index in [-0.39, 0.29) is 6.42 Å². The molecular weight excluding hydrogens is 140 g/mol. The minimum absolute atomic E-state index is 0.193. The largest absolute Gasteiger partial charge is 0.481 e. The van der Waals surface area contributed by atoms with Crippen LogP contribution < -0.4 is 0 Å². The number of aliphatic hydroxyl groups is 1. The third kappa shape index (κ3) is 4.29. The van der Waals surface area contributed by atoms with Crippen molar-refractivity contribution in [1.82, 2.24) is 0 Å². The van der Waals surface area contributed by atoms with Crippen LogP contribution in [0.5, 0.6) is 0 Å². The summed E-state index contributed by atoms with van der Waals surface area (Å²) in [5.74, 6) is -1.42. The van der Waals surface area contributed by atoms with Gasteiger partial charge in [0.15, 0.2) is 0 Å². The molecule has 0 amide bonds. The molecule has 0 fully saturated rings. The monoisotopic (exact) mass is 150 g/mol. The first-order chi connectivity index (χ1) is 4.04. The molecule has 0 saturated carbocycles. The molecule has 0 heterocycles. The molecule has 0 aliphatic rings. The van der Waals surface area contributed by atoms with Gasteiger partial charge in [-0.3, -0.25) is 4.79 Å². The van der Waals surface area contributed by atoms with Crippen molar-refractivity contribution in [2.24, 2.45) is 5.92 Å². The summed E-state index contributed by atoms with van der Waals surface area (Å²) in [5, 5.41) is 16.9. The van der Waals surface area contributed by atoms with Gasteiger partial charge >= 0.3 is 5.97 Å². The fraction of sp³-hybridized carbons (Fsp3) is 0.800. The van der Waals surface area contributed by atoms with Crippen molar-refractivity contribution in [2.75, 3.05) is 0 Å². The van der Waals surface area contributed by atoms with Gasteiger partial charge < -0.3 is 10.2 Å². The van der Waals surface area contributed by atoms with Gasteiger partial charge in [-0.15, -0.1) is 12.6 Å². The normalized spacial score (nSPS) is 16.8. The zero-order valence-electron chi connectivity index (χ0n) is 5.11. The minimum Gasteiger partial charge on any atom is -0.481 e. The van der Waals surface area contributed by atoms with E-state index in [2.05, 4.69) is 12.6 Å². The Morgan fingerprint density at radius 1 is 1.78 bits per heavy atom. The van der Waals surface area contributed by atoms with E-state index in [0.29, 0.717) is 0 Å². The molecule has 0 saturated heterocycles. The predicted molar refractivity (Wildman–Crippen MR) is 36.4 cm³/mol. The van der Waals surface area contributed by atoms with Crippen molar-refractivity contribution in [1.29, 1.82) is 0 Å². The Hall–Kier alpha value is -0.220. The second-order valence-corrected chi connectivity index (χ2v) is 2.55. The Kier molecular flexibility index (Phi) is 3.65. The van der Waals surface area contributed by atoms with Crippen molar-refractivity contribution >= 4 is 18.6 Å². The third-order valence-corrected chi connectivity index (χ3v) is 1.20.